The van der Waals surface area contributed by atoms with Crippen molar-refractivity contribution in [2.24, 2.45) is 0 Å². The summed E-state index contributed by atoms with van der Waals surface area (Å²) in [6, 6.07) is 3.13. The maximum absolute atomic E-state index is 12.5. The van der Waals surface area contributed by atoms with Crippen molar-refractivity contribution in [3.05, 3.63) is 29.8 Å². The molecule has 0 saturated carbocycles. The normalized spacial score (nSPS) is 15.7. The van der Waals surface area contributed by atoms with E-state index in [1.165, 1.54) is 12.3 Å². The molecule has 0 aliphatic rings. The van der Waals surface area contributed by atoms with E-state index in [-0.39, 0.29) is 17.0 Å². The summed E-state index contributed by atoms with van der Waals surface area (Å²) >= 11 is 4.30. The molecule has 0 amide bonds. The van der Waals surface area contributed by atoms with Gasteiger partial charge in [0.2, 0.25) is 0 Å². The largest absolute Gasteiger partial charge is 0.258 e. The number of nitrogens with zero attached hydrogens (tertiary/aromatic N) is 1. The van der Waals surface area contributed by atoms with Crippen molar-refractivity contribution < 1.29 is 4.39 Å². The first-order valence-corrected chi connectivity index (χ1v) is 4.42. The Hall–Kier alpha value is -0.570. The van der Waals surface area contributed by atoms with Gasteiger partial charge in [-0.1, -0.05) is 13.8 Å². The summed E-state index contributed by atoms with van der Waals surface area (Å²) in [6.07, 6.45) is 1.24. The maximum Gasteiger partial charge on any atom is 0.141 e. The van der Waals surface area contributed by atoms with Crippen molar-refractivity contribution in [1.82, 2.24) is 4.98 Å². The molecule has 1 rings (SSSR count). The summed E-state index contributed by atoms with van der Waals surface area (Å²) in [5.74, 6) is -0.0355. The van der Waals surface area contributed by atoms with Gasteiger partial charge in [-0.15, -0.1) is 0 Å². The molecule has 0 aliphatic heterocycles. The summed E-state index contributed by atoms with van der Waals surface area (Å²) in [5, 5.41) is 0.239. The highest BCUT2D eigenvalue weighted by Gasteiger charge is 2.11. The molecule has 0 N–H and O–H groups in total. The summed E-state index contributed by atoms with van der Waals surface area (Å²) in [7, 11) is 0. The second-order valence-corrected chi connectivity index (χ2v) is 3.75. The highest BCUT2D eigenvalue weighted by Crippen LogP contribution is 2.20. The Morgan fingerprint density at radius 3 is 2.50 bits per heavy atom. The van der Waals surface area contributed by atoms with Gasteiger partial charge in [0.1, 0.15) is 5.82 Å². The highest BCUT2D eigenvalue weighted by molar-refractivity contribution is 7.81. The molecule has 2 unspecified atom stereocenters. The van der Waals surface area contributed by atoms with Crippen LogP contribution in [0.25, 0.3) is 0 Å². The molecule has 66 valence electrons. The first-order chi connectivity index (χ1) is 5.61. The lowest BCUT2D eigenvalue weighted by Gasteiger charge is -2.13. The predicted molar refractivity (Wildman–Crippen MR) is 51.1 cm³/mol. The number of rotatable bonds is 2. The van der Waals surface area contributed by atoms with Gasteiger partial charge in [0, 0.05) is 16.9 Å². The van der Waals surface area contributed by atoms with E-state index in [1.54, 1.807) is 6.07 Å². The minimum Gasteiger partial charge on any atom is -0.258 e. The van der Waals surface area contributed by atoms with E-state index in [0.29, 0.717) is 0 Å². The summed E-state index contributed by atoms with van der Waals surface area (Å²) < 4.78 is 12.5. The second-order valence-electron chi connectivity index (χ2n) is 2.93. The molecule has 0 saturated heterocycles. The minimum atomic E-state index is -0.294. The van der Waals surface area contributed by atoms with Gasteiger partial charge in [-0.2, -0.15) is 12.6 Å². The molecule has 1 aromatic rings. The number of pyridine rings is 1. The van der Waals surface area contributed by atoms with Crippen LogP contribution in [0.3, 0.4) is 0 Å². The average molecular weight is 185 g/mol. The zero-order valence-corrected chi connectivity index (χ0v) is 8.05. The number of thiol groups is 1. The Labute approximate surface area is 77.4 Å². The van der Waals surface area contributed by atoms with E-state index in [9.17, 15) is 4.39 Å². The van der Waals surface area contributed by atoms with Gasteiger partial charge in [-0.3, -0.25) is 4.98 Å². The lowest BCUT2D eigenvalue weighted by molar-refractivity contribution is 0.614. The van der Waals surface area contributed by atoms with Gasteiger partial charge in [-0.05, 0) is 12.1 Å². The molecular formula is C9H12FNS. The van der Waals surface area contributed by atoms with E-state index in [2.05, 4.69) is 17.6 Å². The molecule has 1 aromatic heterocycles. The second kappa shape index (κ2) is 3.90. The van der Waals surface area contributed by atoms with Crippen LogP contribution < -0.4 is 0 Å². The van der Waals surface area contributed by atoms with Crippen molar-refractivity contribution in [1.29, 1.82) is 0 Å². The predicted octanol–water partition coefficient (Wildman–Crippen LogP) is 2.64. The third-order valence-electron chi connectivity index (χ3n) is 1.94. The highest BCUT2D eigenvalue weighted by atomic mass is 32.1. The summed E-state index contributed by atoms with van der Waals surface area (Å²) in [6.45, 7) is 4.02. The standard InChI is InChI=1S/C9H12FNS/c1-6(7(2)12)9-4-3-8(10)5-11-9/h3-7,12H,1-2H3. The lowest BCUT2D eigenvalue weighted by atomic mass is 10.0. The van der Waals surface area contributed by atoms with Crippen LogP contribution in [0.4, 0.5) is 4.39 Å². The summed E-state index contributed by atoms with van der Waals surface area (Å²) in [4.78, 5) is 3.98. The molecule has 0 bridgehead atoms. The topological polar surface area (TPSA) is 12.9 Å². The number of hydrogen-bond donors (Lipinski definition) is 1. The van der Waals surface area contributed by atoms with Gasteiger partial charge >= 0.3 is 0 Å². The van der Waals surface area contributed by atoms with Crippen molar-refractivity contribution in [3.8, 4) is 0 Å². The Kier molecular flexibility index (Phi) is 3.09. The molecule has 0 spiro atoms. The van der Waals surface area contributed by atoms with Crippen LogP contribution in [0.2, 0.25) is 0 Å². The monoisotopic (exact) mass is 185 g/mol. The molecule has 0 fully saturated rings. The summed E-state index contributed by atoms with van der Waals surface area (Å²) in [5.41, 5.74) is 0.888. The molecular weight excluding hydrogens is 173 g/mol. The van der Waals surface area contributed by atoms with E-state index >= 15 is 0 Å². The van der Waals surface area contributed by atoms with Crippen molar-refractivity contribution >= 4 is 12.6 Å². The minimum absolute atomic E-state index is 0.239. The number of hydrogen-bond acceptors (Lipinski definition) is 2. The Balaban J connectivity index is 2.82. The first-order valence-electron chi connectivity index (χ1n) is 3.91. The Bertz CT molecular complexity index is 245. The van der Waals surface area contributed by atoms with E-state index in [1.807, 2.05) is 13.8 Å². The first kappa shape index (κ1) is 9.52. The quantitative estimate of drug-likeness (QED) is 0.699. The van der Waals surface area contributed by atoms with Gasteiger partial charge in [-0.25, -0.2) is 4.39 Å². The Morgan fingerprint density at radius 1 is 1.42 bits per heavy atom. The molecule has 0 aliphatic carbocycles. The average Bonchev–Trinajstić information content (AvgIpc) is 2.04. The third kappa shape index (κ3) is 2.21. The fraction of sp³-hybridized carbons (Fsp3) is 0.444. The van der Waals surface area contributed by atoms with Gasteiger partial charge in [0.15, 0.2) is 0 Å². The fourth-order valence-corrected chi connectivity index (χ4v) is 1.06. The molecule has 0 radical (unpaired) electrons. The number of halogens is 1. The van der Waals surface area contributed by atoms with E-state index < -0.39 is 0 Å². The smallest absolute Gasteiger partial charge is 0.141 e. The van der Waals surface area contributed by atoms with Crippen LogP contribution in [-0.4, -0.2) is 10.2 Å². The molecule has 12 heavy (non-hydrogen) atoms. The molecule has 1 heterocycles. The van der Waals surface area contributed by atoms with Crippen LogP contribution >= 0.6 is 12.6 Å². The number of aromatic nitrogens is 1. The van der Waals surface area contributed by atoms with Gasteiger partial charge in [0.25, 0.3) is 0 Å². The molecule has 3 heteroatoms. The van der Waals surface area contributed by atoms with Gasteiger partial charge in [0.05, 0.1) is 6.20 Å². The fourth-order valence-electron chi connectivity index (χ4n) is 0.904. The Morgan fingerprint density at radius 2 is 2.08 bits per heavy atom. The SMILES string of the molecule is CC(S)C(C)c1ccc(F)cn1. The van der Waals surface area contributed by atoms with E-state index in [4.69, 9.17) is 0 Å². The van der Waals surface area contributed by atoms with Crippen LogP contribution in [0.15, 0.2) is 18.3 Å². The van der Waals surface area contributed by atoms with Crippen LogP contribution in [0, 0.1) is 5.82 Å². The van der Waals surface area contributed by atoms with Crippen molar-refractivity contribution in [3.63, 3.8) is 0 Å². The lowest BCUT2D eigenvalue weighted by Crippen LogP contribution is -2.06. The van der Waals surface area contributed by atoms with Crippen LogP contribution in [-0.2, 0) is 0 Å². The van der Waals surface area contributed by atoms with Crippen molar-refractivity contribution in [2.75, 3.05) is 0 Å². The third-order valence-corrected chi connectivity index (χ3v) is 2.39. The van der Waals surface area contributed by atoms with Crippen LogP contribution in [0.5, 0.6) is 0 Å². The zero-order valence-electron chi connectivity index (χ0n) is 7.16. The molecule has 1 nitrogen and oxygen atoms in total. The zero-order chi connectivity index (χ0) is 9.14. The van der Waals surface area contributed by atoms with Crippen molar-refractivity contribution in [2.45, 2.75) is 25.0 Å². The van der Waals surface area contributed by atoms with E-state index in [0.717, 1.165) is 5.69 Å². The molecule has 2 atom stereocenters. The van der Waals surface area contributed by atoms with Crippen LogP contribution in [0.1, 0.15) is 25.5 Å². The molecule has 0 aromatic carbocycles. The van der Waals surface area contributed by atoms with Gasteiger partial charge < -0.3 is 0 Å². The maximum atomic E-state index is 12.5.